The van der Waals surface area contributed by atoms with Crippen molar-refractivity contribution < 1.29 is 0 Å². The van der Waals surface area contributed by atoms with E-state index in [4.69, 9.17) is 11.5 Å². The summed E-state index contributed by atoms with van der Waals surface area (Å²) in [6.45, 7) is 6.43. The lowest BCUT2D eigenvalue weighted by atomic mass is 9.93. The van der Waals surface area contributed by atoms with E-state index in [1.807, 2.05) is 77.8 Å². The molecule has 0 aliphatic carbocycles. The van der Waals surface area contributed by atoms with Gasteiger partial charge in [-0.05, 0) is 44.2 Å². The van der Waals surface area contributed by atoms with Gasteiger partial charge >= 0.3 is 0 Å². The second-order valence-electron chi connectivity index (χ2n) is 14.5. The molecule has 2 aromatic carbocycles. The molecule has 0 amide bonds. The average molecular weight is 753 g/mol. The Labute approximate surface area is 326 Å². The summed E-state index contributed by atoms with van der Waals surface area (Å²) in [4.78, 5) is 4.62. The number of hydrogen-bond donors (Lipinski definition) is 2. The highest BCUT2D eigenvalue weighted by atomic mass is 15.3. The summed E-state index contributed by atoms with van der Waals surface area (Å²) in [5.41, 5.74) is 19.2. The predicted octanol–water partition coefficient (Wildman–Crippen LogP) is 4.98. The van der Waals surface area contributed by atoms with Gasteiger partial charge < -0.3 is 30.4 Å². The maximum Gasteiger partial charge on any atom is 0.221 e. The highest BCUT2D eigenvalue weighted by Gasteiger charge is 2.29. The van der Waals surface area contributed by atoms with Crippen LogP contribution in [0.3, 0.4) is 0 Å². The second-order valence-corrected chi connectivity index (χ2v) is 14.5. The molecule has 0 spiro atoms. The molecule has 6 aromatic rings. The molecule has 4 aromatic heterocycles. The zero-order valence-electron chi connectivity index (χ0n) is 32.4. The van der Waals surface area contributed by atoms with E-state index < -0.39 is 0 Å². The number of benzene rings is 2. The van der Waals surface area contributed by atoms with Crippen LogP contribution in [0.1, 0.15) is 73.6 Å². The van der Waals surface area contributed by atoms with E-state index in [0.717, 1.165) is 110 Å². The number of nitrogen functional groups attached to an aromatic ring is 2. The van der Waals surface area contributed by atoms with E-state index in [2.05, 4.69) is 77.8 Å². The van der Waals surface area contributed by atoms with Gasteiger partial charge in [-0.3, -0.25) is 9.36 Å². The first-order valence-corrected chi connectivity index (χ1v) is 19.1. The van der Waals surface area contributed by atoms with E-state index >= 15 is 0 Å². The maximum atomic E-state index is 9.75. The molecule has 8 rings (SSSR count). The van der Waals surface area contributed by atoms with Crippen molar-refractivity contribution in [2.45, 2.75) is 57.4 Å². The summed E-state index contributed by atoms with van der Waals surface area (Å²) in [5.74, 6) is 3.42. The number of aromatic nitrogens is 10. The normalized spacial score (nSPS) is 15.0. The van der Waals surface area contributed by atoms with Gasteiger partial charge in [0, 0.05) is 100 Å². The quantitative estimate of drug-likeness (QED) is 0.211. The highest BCUT2D eigenvalue weighted by Crippen LogP contribution is 2.39. The Hall–Kier alpha value is -6.68. The largest absolute Gasteiger partial charge is 0.370 e. The molecule has 2 saturated heterocycles. The Morgan fingerprint density at radius 3 is 1.52 bits per heavy atom. The smallest absolute Gasteiger partial charge is 0.221 e. The summed E-state index contributed by atoms with van der Waals surface area (Å²) in [6.07, 6.45) is 12.6. The van der Waals surface area contributed by atoms with Crippen molar-refractivity contribution in [1.82, 2.24) is 49.1 Å². The number of nitriles is 2. The van der Waals surface area contributed by atoms with Crippen molar-refractivity contribution in [1.29, 1.82) is 10.5 Å². The van der Waals surface area contributed by atoms with Gasteiger partial charge in [-0.25, -0.2) is 0 Å². The monoisotopic (exact) mass is 752 g/mol. The molecule has 16 nitrogen and oxygen atoms in total. The van der Waals surface area contributed by atoms with Crippen LogP contribution in [0, 0.1) is 22.7 Å². The van der Waals surface area contributed by atoms with Crippen molar-refractivity contribution in [3.8, 4) is 34.4 Å². The Kier molecular flexibility index (Phi) is 11.0. The second kappa shape index (κ2) is 16.4. The van der Waals surface area contributed by atoms with Crippen LogP contribution in [0.15, 0.2) is 61.2 Å². The highest BCUT2D eigenvalue weighted by molar-refractivity contribution is 5.83. The molecule has 0 unspecified atom stereocenters. The molecule has 6 heterocycles. The minimum atomic E-state index is 0.325. The van der Waals surface area contributed by atoms with Crippen molar-refractivity contribution in [3.05, 3.63) is 84.0 Å². The number of hydrogen-bond acceptors (Lipinski definition) is 12. The Morgan fingerprint density at radius 1 is 0.661 bits per heavy atom. The van der Waals surface area contributed by atoms with E-state index in [9.17, 15) is 10.5 Å². The van der Waals surface area contributed by atoms with Gasteiger partial charge in [0.2, 0.25) is 11.9 Å². The molecule has 0 saturated carbocycles. The van der Waals surface area contributed by atoms with Crippen molar-refractivity contribution in [2.24, 2.45) is 21.1 Å². The van der Waals surface area contributed by atoms with Crippen LogP contribution >= 0.6 is 0 Å². The average Bonchev–Trinajstić information content (AvgIpc) is 4.03. The SMILES string of the molecule is CCCn1cc(-c2cccc(C#N)c2N2CCC(c3nnc(N)n3C)CC2)cn1.Cn1cc(-c2cccc(C#N)c2N2CCC(c3nnc(N)n3C)CC2)cn1. The molecule has 0 atom stereocenters. The first-order chi connectivity index (χ1) is 27.2. The fraction of sp³-hybridized carbons (Fsp3) is 0.400. The van der Waals surface area contributed by atoms with Crippen LogP contribution in [0.25, 0.3) is 22.3 Å². The number of aryl methyl sites for hydroxylation is 2. The van der Waals surface area contributed by atoms with Gasteiger partial charge in [-0.15, -0.1) is 20.4 Å². The van der Waals surface area contributed by atoms with Crippen LogP contribution in [0.4, 0.5) is 23.3 Å². The molecule has 56 heavy (non-hydrogen) atoms. The third kappa shape index (κ3) is 7.50. The van der Waals surface area contributed by atoms with E-state index in [-0.39, 0.29) is 0 Å². The molecular weight excluding hydrogens is 705 g/mol. The van der Waals surface area contributed by atoms with E-state index in [1.165, 1.54) is 0 Å². The summed E-state index contributed by atoms with van der Waals surface area (Å²) in [7, 11) is 5.71. The topological polar surface area (TPSA) is 203 Å². The molecule has 2 aliphatic heterocycles. The Balaban J connectivity index is 0.000000172. The molecule has 0 bridgehead atoms. The summed E-state index contributed by atoms with van der Waals surface area (Å²) < 4.78 is 7.48. The molecule has 16 heteroatoms. The molecular formula is C40H48N16. The lowest BCUT2D eigenvalue weighted by molar-refractivity contribution is 0.475. The van der Waals surface area contributed by atoms with Crippen LogP contribution in [-0.4, -0.2) is 75.3 Å². The van der Waals surface area contributed by atoms with Crippen LogP contribution in [0.5, 0.6) is 0 Å². The maximum absolute atomic E-state index is 9.75. The summed E-state index contributed by atoms with van der Waals surface area (Å²) in [6, 6.07) is 16.5. The minimum Gasteiger partial charge on any atom is -0.370 e. The Morgan fingerprint density at radius 2 is 1.12 bits per heavy atom. The molecule has 288 valence electrons. The van der Waals surface area contributed by atoms with Crippen molar-refractivity contribution in [2.75, 3.05) is 47.4 Å². The number of nitrogens with zero attached hydrogens (tertiary/aromatic N) is 14. The van der Waals surface area contributed by atoms with E-state index in [0.29, 0.717) is 34.9 Å². The van der Waals surface area contributed by atoms with Crippen molar-refractivity contribution in [3.63, 3.8) is 0 Å². The molecule has 2 aliphatic rings. The van der Waals surface area contributed by atoms with Crippen LogP contribution in [0.2, 0.25) is 0 Å². The zero-order chi connectivity index (χ0) is 39.3. The third-order valence-corrected chi connectivity index (χ3v) is 11.0. The number of anilines is 4. The van der Waals surface area contributed by atoms with Gasteiger partial charge in [-0.1, -0.05) is 31.2 Å². The van der Waals surface area contributed by atoms with Crippen molar-refractivity contribution >= 4 is 23.3 Å². The molecule has 4 N–H and O–H groups in total. The fourth-order valence-electron chi connectivity index (χ4n) is 7.97. The molecule has 2 fully saturated rings. The summed E-state index contributed by atoms with van der Waals surface area (Å²) >= 11 is 0. The van der Waals surface area contributed by atoms with Gasteiger partial charge in [0.15, 0.2) is 0 Å². The van der Waals surface area contributed by atoms with Gasteiger partial charge in [0.1, 0.15) is 23.8 Å². The van der Waals surface area contributed by atoms with Gasteiger partial charge in [0.05, 0.1) is 34.9 Å². The van der Waals surface area contributed by atoms with Gasteiger partial charge in [-0.2, -0.15) is 20.7 Å². The third-order valence-electron chi connectivity index (χ3n) is 11.0. The van der Waals surface area contributed by atoms with Crippen LogP contribution in [-0.2, 0) is 27.7 Å². The zero-order valence-corrected chi connectivity index (χ0v) is 32.4. The first kappa shape index (κ1) is 37.6. The van der Waals surface area contributed by atoms with Crippen LogP contribution < -0.4 is 21.3 Å². The number of rotatable bonds is 8. The number of para-hydroxylation sites is 2. The number of piperidine rings is 2. The lowest BCUT2D eigenvalue weighted by Crippen LogP contribution is -2.34. The first-order valence-electron chi connectivity index (χ1n) is 19.1. The standard InChI is InChI=1S/C21H26N8.C19H22N8/c1-3-9-29-14-17(13-24-29)18-6-4-5-16(12-22)19(18)28-10-7-15(8-11-28)20-25-26-21(23)27(20)2;1-25-12-15(11-22-25)16-5-3-4-14(10-20)17(16)27-8-6-13(7-9-27)18-23-24-19(21)26(18)2/h4-6,13-15H,3,7-11H2,1-2H3,(H2,23,26);3-5,11-13H,6-9H2,1-2H3,(H2,21,24). The Bertz CT molecular complexity index is 2370. The van der Waals surface area contributed by atoms with Gasteiger partial charge in [0.25, 0.3) is 0 Å². The summed E-state index contributed by atoms with van der Waals surface area (Å²) in [5, 5.41) is 44.6. The predicted molar refractivity (Wildman–Crippen MR) is 215 cm³/mol. The molecule has 0 radical (unpaired) electrons. The van der Waals surface area contributed by atoms with E-state index in [1.54, 1.807) is 4.68 Å². The fourth-order valence-corrected chi connectivity index (χ4v) is 7.97. The minimum absolute atomic E-state index is 0.325. The number of nitrogens with two attached hydrogens (primary N) is 2. The lowest BCUT2D eigenvalue weighted by Gasteiger charge is -2.34.